The van der Waals surface area contributed by atoms with E-state index in [1.54, 1.807) is 0 Å². The number of Topliss-reactive ketones (excluding diaryl/α,β-unsaturated/α-hetero) is 1. The lowest BCUT2D eigenvalue weighted by Gasteiger charge is -2.03. The number of benzene rings is 2. The number of ether oxygens (including phenoxy) is 2. The first-order valence-corrected chi connectivity index (χ1v) is 7.41. The van der Waals surface area contributed by atoms with E-state index in [0.29, 0.717) is 12.4 Å². The van der Waals surface area contributed by atoms with Crippen molar-refractivity contribution in [3.63, 3.8) is 0 Å². The van der Waals surface area contributed by atoms with Gasteiger partial charge in [0.25, 0.3) is 0 Å². The molecule has 0 aliphatic carbocycles. The summed E-state index contributed by atoms with van der Waals surface area (Å²) >= 11 is 0. The Labute approximate surface area is 134 Å². The minimum atomic E-state index is -0.116. The van der Waals surface area contributed by atoms with E-state index in [0.717, 1.165) is 16.5 Å². The molecule has 5 nitrogen and oxygen atoms in total. The summed E-state index contributed by atoms with van der Waals surface area (Å²) in [4.78, 5) is 11.6. The van der Waals surface area contributed by atoms with E-state index in [4.69, 9.17) is 9.47 Å². The molecule has 0 unspecified atom stereocenters. The standard InChI is InChI=1S/C18H18N2O3/c1-22-12-15(21)13-23-18-16-9-5-6-10-17(16)20(19-18)11-14-7-3-2-4-8-14/h2-10H,11-13H2,1H3. The quantitative estimate of drug-likeness (QED) is 0.673. The Morgan fingerprint density at radius 3 is 2.57 bits per heavy atom. The molecule has 23 heavy (non-hydrogen) atoms. The predicted molar refractivity (Wildman–Crippen MR) is 87.7 cm³/mol. The monoisotopic (exact) mass is 310 g/mol. The summed E-state index contributed by atoms with van der Waals surface area (Å²) in [5, 5.41) is 5.41. The maximum atomic E-state index is 11.6. The zero-order chi connectivity index (χ0) is 16.1. The smallest absolute Gasteiger partial charge is 0.241 e. The van der Waals surface area contributed by atoms with Crippen LogP contribution in [0.15, 0.2) is 54.6 Å². The van der Waals surface area contributed by atoms with Crippen LogP contribution in [0.25, 0.3) is 10.9 Å². The topological polar surface area (TPSA) is 53.4 Å². The number of nitrogens with zero attached hydrogens (tertiary/aromatic N) is 2. The van der Waals surface area contributed by atoms with Gasteiger partial charge in [-0.15, -0.1) is 5.10 Å². The molecule has 0 aliphatic heterocycles. The number of ketones is 1. The van der Waals surface area contributed by atoms with Crippen LogP contribution in [0.4, 0.5) is 0 Å². The van der Waals surface area contributed by atoms with Crippen LogP contribution in [0, 0.1) is 0 Å². The third-order valence-corrected chi connectivity index (χ3v) is 3.47. The van der Waals surface area contributed by atoms with Crippen molar-refractivity contribution in [2.45, 2.75) is 6.54 Å². The van der Waals surface area contributed by atoms with Gasteiger partial charge in [-0.3, -0.25) is 9.48 Å². The maximum Gasteiger partial charge on any atom is 0.241 e. The fourth-order valence-corrected chi connectivity index (χ4v) is 2.43. The second kappa shape index (κ2) is 7.07. The van der Waals surface area contributed by atoms with Gasteiger partial charge in [0.1, 0.15) is 6.61 Å². The zero-order valence-electron chi connectivity index (χ0n) is 12.9. The lowest BCUT2D eigenvalue weighted by atomic mass is 10.2. The molecule has 0 fully saturated rings. The molecule has 0 aliphatic rings. The highest BCUT2D eigenvalue weighted by Gasteiger charge is 2.13. The molecular weight excluding hydrogens is 292 g/mol. The molecule has 1 heterocycles. The Balaban J connectivity index is 1.86. The Kier molecular flexibility index (Phi) is 4.68. The number of fused-ring (bicyclic) bond motifs is 1. The van der Waals surface area contributed by atoms with Gasteiger partial charge in [-0.25, -0.2) is 0 Å². The van der Waals surface area contributed by atoms with Gasteiger partial charge in [-0.1, -0.05) is 42.5 Å². The van der Waals surface area contributed by atoms with Crippen molar-refractivity contribution in [3.05, 3.63) is 60.2 Å². The minimum Gasteiger partial charge on any atom is -0.468 e. The lowest BCUT2D eigenvalue weighted by molar-refractivity contribution is -0.124. The molecule has 0 N–H and O–H groups in total. The van der Waals surface area contributed by atoms with Crippen LogP contribution < -0.4 is 4.74 Å². The van der Waals surface area contributed by atoms with Gasteiger partial charge in [-0.2, -0.15) is 0 Å². The van der Waals surface area contributed by atoms with E-state index >= 15 is 0 Å². The van der Waals surface area contributed by atoms with E-state index in [9.17, 15) is 4.79 Å². The molecule has 3 aromatic rings. The summed E-state index contributed by atoms with van der Waals surface area (Å²) in [6.07, 6.45) is 0. The van der Waals surface area contributed by atoms with Crippen LogP contribution in [0.2, 0.25) is 0 Å². The second-order valence-electron chi connectivity index (χ2n) is 5.23. The van der Waals surface area contributed by atoms with Crippen molar-refractivity contribution in [1.82, 2.24) is 9.78 Å². The number of methoxy groups -OCH3 is 1. The fraction of sp³-hybridized carbons (Fsp3) is 0.222. The van der Waals surface area contributed by atoms with Crippen LogP contribution >= 0.6 is 0 Å². The van der Waals surface area contributed by atoms with Crippen LogP contribution in [0.5, 0.6) is 5.88 Å². The molecule has 0 atom stereocenters. The number of rotatable bonds is 7. The number of carbonyl (C=O) groups is 1. The predicted octanol–water partition coefficient (Wildman–Crippen LogP) is 2.68. The van der Waals surface area contributed by atoms with Crippen molar-refractivity contribution >= 4 is 16.7 Å². The first-order valence-electron chi connectivity index (χ1n) is 7.41. The van der Waals surface area contributed by atoms with Crippen molar-refractivity contribution < 1.29 is 14.3 Å². The highest BCUT2D eigenvalue weighted by Crippen LogP contribution is 2.25. The summed E-state index contributed by atoms with van der Waals surface area (Å²) < 4.78 is 12.3. The molecule has 5 heteroatoms. The van der Waals surface area contributed by atoms with Gasteiger partial charge >= 0.3 is 0 Å². The number of aromatic nitrogens is 2. The Morgan fingerprint density at radius 1 is 1.04 bits per heavy atom. The lowest BCUT2D eigenvalue weighted by Crippen LogP contribution is -2.16. The normalized spacial score (nSPS) is 10.8. The molecule has 0 spiro atoms. The summed E-state index contributed by atoms with van der Waals surface area (Å²) in [6, 6.07) is 17.9. The Morgan fingerprint density at radius 2 is 1.78 bits per heavy atom. The van der Waals surface area contributed by atoms with Gasteiger partial charge in [0.15, 0.2) is 12.4 Å². The van der Waals surface area contributed by atoms with Gasteiger partial charge in [0, 0.05) is 7.11 Å². The average molecular weight is 310 g/mol. The van der Waals surface area contributed by atoms with E-state index in [1.807, 2.05) is 47.1 Å². The molecule has 0 saturated heterocycles. The zero-order valence-corrected chi connectivity index (χ0v) is 12.9. The highest BCUT2D eigenvalue weighted by atomic mass is 16.5. The van der Waals surface area contributed by atoms with Crippen LogP contribution in [-0.2, 0) is 16.1 Å². The molecule has 3 rings (SSSR count). The SMILES string of the molecule is COCC(=O)COc1nn(Cc2ccccc2)c2ccccc12. The number of carbonyl (C=O) groups excluding carboxylic acids is 1. The molecule has 0 saturated carbocycles. The number of hydrogen-bond acceptors (Lipinski definition) is 4. The van der Waals surface area contributed by atoms with Crippen LogP contribution in [0.3, 0.4) is 0 Å². The van der Waals surface area contributed by atoms with E-state index < -0.39 is 0 Å². The molecule has 0 radical (unpaired) electrons. The largest absolute Gasteiger partial charge is 0.468 e. The summed E-state index contributed by atoms with van der Waals surface area (Å²) in [5.41, 5.74) is 2.13. The Hall–Kier alpha value is -2.66. The number of para-hydroxylation sites is 1. The molecular formula is C18H18N2O3. The summed E-state index contributed by atoms with van der Waals surface area (Å²) in [6.45, 7) is 0.652. The highest BCUT2D eigenvalue weighted by molar-refractivity contribution is 5.86. The maximum absolute atomic E-state index is 11.6. The van der Waals surface area contributed by atoms with E-state index in [-0.39, 0.29) is 19.0 Å². The second-order valence-corrected chi connectivity index (χ2v) is 5.23. The third-order valence-electron chi connectivity index (χ3n) is 3.47. The summed E-state index contributed by atoms with van der Waals surface area (Å²) in [5.74, 6) is 0.357. The minimum absolute atomic E-state index is 0.0415. The van der Waals surface area contributed by atoms with Gasteiger partial charge in [0.2, 0.25) is 5.88 Å². The van der Waals surface area contributed by atoms with Gasteiger partial charge in [-0.05, 0) is 17.7 Å². The summed E-state index contributed by atoms with van der Waals surface area (Å²) in [7, 11) is 1.49. The average Bonchev–Trinajstić information content (AvgIpc) is 2.92. The third kappa shape index (κ3) is 3.57. The van der Waals surface area contributed by atoms with Gasteiger partial charge in [0.05, 0.1) is 17.4 Å². The molecule has 2 aromatic carbocycles. The first-order chi connectivity index (χ1) is 11.3. The molecule has 1 aromatic heterocycles. The molecule has 0 amide bonds. The Bertz CT molecular complexity index is 796. The van der Waals surface area contributed by atoms with E-state index in [1.165, 1.54) is 7.11 Å². The van der Waals surface area contributed by atoms with Crippen LogP contribution in [-0.4, -0.2) is 35.9 Å². The molecule has 0 bridgehead atoms. The van der Waals surface area contributed by atoms with Crippen LogP contribution in [0.1, 0.15) is 5.56 Å². The van der Waals surface area contributed by atoms with Crippen molar-refractivity contribution in [2.75, 3.05) is 20.3 Å². The number of hydrogen-bond donors (Lipinski definition) is 0. The van der Waals surface area contributed by atoms with Crippen molar-refractivity contribution in [3.8, 4) is 5.88 Å². The van der Waals surface area contributed by atoms with Gasteiger partial charge < -0.3 is 9.47 Å². The van der Waals surface area contributed by atoms with Crippen molar-refractivity contribution in [1.29, 1.82) is 0 Å². The van der Waals surface area contributed by atoms with Crippen molar-refractivity contribution in [2.24, 2.45) is 0 Å². The van der Waals surface area contributed by atoms with E-state index in [2.05, 4.69) is 17.2 Å². The molecule has 118 valence electrons. The fourth-order valence-electron chi connectivity index (χ4n) is 2.43. The first kappa shape index (κ1) is 15.2.